The summed E-state index contributed by atoms with van der Waals surface area (Å²) in [6.07, 6.45) is 1.50. The molecule has 5 nitrogen and oxygen atoms in total. The van der Waals surface area contributed by atoms with E-state index >= 15 is 0 Å². The number of anilines is 2. The van der Waals surface area contributed by atoms with Gasteiger partial charge in [-0.05, 0) is 45.7 Å². The van der Waals surface area contributed by atoms with Gasteiger partial charge in [0.15, 0.2) is 0 Å². The van der Waals surface area contributed by atoms with Crippen molar-refractivity contribution in [2.24, 2.45) is 0 Å². The van der Waals surface area contributed by atoms with Gasteiger partial charge in [-0.25, -0.2) is 4.79 Å². The Morgan fingerprint density at radius 1 is 1.45 bits per heavy atom. The molecule has 1 atom stereocenters. The zero-order valence-electron chi connectivity index (χ0n) is 13.4. The first kappa shape index (κ1) is 16.7. The van der Waals surface area contributed by atoms with Crippen LogP contribution in [0.2, 0.25) is 5.02 Å². The van der Waals surface area contributed by atoms with Crippen LogP contribution < -0.4 is 16.0 Å². The number of para-hydroxylation sites is 1. The third-order valence-corrected chi connectivity index (χ3v) is 3.78. The molecule has 1 saturated heterocycles. The van der Waals surface area contributed by atoms with E-state index in [1.54, 1.807) is 0 Å². The van der Waals surface area contributed by atoms with Crippen molar-refractivity contribution in [3.05, 3.63) is 23.2 Å². The van der Waals surface area contributed by atoms with Gasteiger partial charge in [-0.1, -0.05) is 17.7 Å². The third-order valence-electron chi connectivity index (χ3n) is 3.48. The Morgan fingerprint density at radius 3 is 2.82 bits per heavy atom. The van der Waals surface area contributed by atoms with Gasteiger partial charge in [0, 0.05) is 19.1 Å². The van der Waals surface area contributed by atoms with E-state index < -0.39 is 5.60 Å². The zero-order valence-corrected chi connectivity index (χ0v) is 14.1. The number of nitrogens with two attached hydrogens (primary N) is 1. The largest absolute Gasteiger partial charge is 0.444 e. The summed E-state index contributed by atoms with van der Waals surface area (Å²) < 4.78 is 5.31. The first-order valence-electron chi connectivity index (χ1n) is 7.55. The second-order valence-electron chi connectivity index (χ2n) is 6.61. The van der Waals surface area contributed by atoms with E-state index in [2.05, 4.69) is 10.2 Å². The molecule has 1 aliphatic heterocycles. The topological polar surface area (TPSA) is 67.6 Å². The lowest BCUT2D eigenvalue weighted by Gasteiger charge is -2.36. The molecule has 1 aliphatic rings. The van der Waals surface area contributed by atoms with Gasteiger partial charge in [0.05, 0.1) is 16.4 Å². The number of alkyl carbamates (subject to hydrolysis) is 1. The number of piperidine rings is 1. The average molecular weight is 326 g/mol. The SMILES string of the molecule is CC(C)(C)OC(=O)NC1CCCN(c2c(N)cccc2Cl)C1. The number of nitrogens with one attached hydrogen (secondary N) is 1. The Balaban J connectivity index is 2.02. The number of nitrogen functional groups attached to an aromatic ring is 1. The monoisotopic (exact) mass is 325 g/mol. The van der Waals surface area contributed by atoms with E-state index in [-0.39, 0.29) is 12.1 Å². The van der Waals surface area contributed by atoms with Gasteiger partial charge in [0.2, 0.25) is 0 Å². The Hall–Kier alpha value is -1.62. The quantitative estimate of drug-likeness (QED) is 0.818. The van der Waals surface area contributed by atoms with Crippen molar-refractivity contribution in [3.8, 4) is 0 Å². The van der Waals surface area contributed by atoms with E-state index in [0.717, 1.165) is 25.1 Å². The van der Waals surface area contributed by atoms with E-state index in [9.17, 15) is 4.79 Å². The van der Waals surface area contributed by atoms with Gasteiger partial charge in [0.1, 0.15) is 5.60 Å². The minimum Gasteiger partial charge on any atom is -0.444 e. The first-order valence-corrected chi connectivity index (χ1v) is 7.92. The number of ether oxygens (including phenoxy) is 1. The molecule has 3 N–H and O–H groups in total. The third kappa shape index (κ3) is 4.44. The van der Waals surface area contributed by atoms with Crippen molar-refractivity contribution in [1.82, 2.24) is 5.32 Å². The molecule has 2 rings (SSSR count). The fourth-order valence-electron chi connectivity index (χ4n) is 2.64. The second-order valence-corrected chi connectivity index (χ2v) is 7.02. The number of carbonyl (C=O) groups is 1. The van der Waals surface area contributed by atoms with Crippen LogP contribution in [0, 0.1) is 0 Å². The van der Waals surface area contributed by atoms with E-state index in [1.165, 1.54) is 0 Å². The fourth-order valence-corrected chi connectivity index (χ4v) is 2.94. The van der Waals surface area contributed by atoms with Gasteiger partial charge < -0.3 is 20.7 Å². The molecule has 0 saturated carbocycles. The molecule has 1 aromatic rings. The predicted molar refractivity (Wildman–Crippen MR) is 90.5 cm³/mol. The highest BCUT2D eigenvalue weighted by atomic mass is 35.5. The summed E-state index contributed by atoms with van der Waals surface area (Å²) in [5.74, 6) is 0. The maximum atomic E-state index is 11.9. The summed E-state index contributed by atoms with van der Waals surface area (Å²) in [6.45, 7) is 7.10. The van der Waals surface area contributed by atoms with Gasteiger partial charge in [0.25, 0.3) is 0 Å². The maximum Gasteiger partial charge on any atom is 0.407 e. The summed E-state index contributed by atoms with van der Waals surface area (Å²) in [4.78, 5) is 14.0. The van der Waals surface area contributed by atoms with Crippen LogP contribution in [0.4, 0.5) is 16.2 Å². The number of benzene rings is 1. The van der Waals surface area contributed by atoms with Crippen molar-refractivity contribution in [2.45, 2.75) is 45.3 Å². The maximum absolute atomic E-state index is 11.9. The number of hydrogen-bond acceptors (Lipinski definition) is 4. The van der Waals surface area contributed by atoms with Crippen molar-refractivity contribution in [3.63, 3.8) is 0 Å². The molecule has 0 spiro atoms. The molecule has 22 heavy (non-hydrogen) atoms. The molecular formula is C16H24ClN3O2. The number of nitrogens with zero attached hydrogens (tertiary/aromatic N) is 1. The Kier molecular flexibility index (Phi) is 5.06. The molecular weight excluding hydrogens is 302 g/mol. The van der Waals surface area contributed by atoms with Crippen LogP contribution in [0.5, 0.6) is 0 Å². The van der Waals surface area contributed by atoms with E-state index in [0.29, 0.717) is 17.3 Å². The molecule has 1 amide bonds. The van der Waals surface area contributed by atoms with Gasteiger partial charge >= 0.3 is 6.09 Å². The zero-order chi connectivity index (χ0) is 16.3. The highest BCUT2D eigenvalue weighted by Gasteiger charge is 2.26. The molecule has 1 aromatic carbocycles. The standard InChI is InChI=1S/C16H24ClN3O2/c1-16(2,3)22-15(21)19-11-6-5-9-20(10-11)14-12(17)7-4-8-13(14)18/h4,7-8,11H,5-6,9-10,18H2,1-3H3,(H,19,21). The van der Waals surface area contributed by atoms with Crippen molar-refractivity contribution in [1.29, 1.82) is 0 Å². The van der Waals surface area contributed by atoms with Crippen molar-refractivity contribution in [2.75, 3.05) is 23.7 Å². The Morgan fingerprint density at radius 2 is 2.18 bits per heavy atom. The molecule has 122 valence electrons. The summed E-state index contributed by atoms with van der Waals surface area (Å²) in [5.41, 5.74) is 7.05. The highest BCUT2D eigenvalue weighted by Crippen LogP contribution is 2.33. The Labute approximate surface area is 136 Å². The van der Waals surface area contributed by atoms with Crippen LogP contribution in [-0.4, -0.2) is 30.8 Å². The van der Waals surface area contributed by atoms with E-state index in [1.807, 2.05) is 39.0 Å². The van der Waals surface area contributed by atoms with Gasteiger partial charge in [-0.2, -0.15) is 0 Å². The highest BCUT2D eigenvalue weighted by molar-refractivity contribution is 6.34. The van der Waals surface area contributed by atoms with Crippen molar-refractivity contribution < 1.29 is 9.53 Å². The molecule has 1 fully saturated rings. The minimum absolute atomic E-state index is 0.0271. The van der Waals surface area contributed by atoms with Crippen molar-refractivity contribution >= 4 is 29.1 Å². The second kappa shape index (κ2) is 6.65. The van der Waals surface area contributed by atoms with E-state index in [4.69, 9.17) is 22.1 Å². The van der Waals surface area contributed by atoms with Crippen LogP contribution >= 0.6 is 11.6 Å². The van der Waals surface area contributed by atoms with Crippen LogP contribution in [0.1, 0.15) is 33.6 Å². The number of carbonyl (C=O) groups excluding carboxylic acids is 1. The average Bonchev–Trinajstić information content (AvgIpc) is 2.36. The molecule has 0 aromatic heterocycles. The smallest absolute Gasteiger partial charge is 0.407 e. The summed E-state index contributed by atoms with van der Waals surface area (Å²) in [7, 11) is 0. The summed E-state index contributed by atoms with van der Waals surface area (Å²) in [6, 6.07) is 5.53. The molecule has 0 bridgehead atoms. The molecule has 6 heteroatoms. The molecule has 0 radical (unpaired) electrons. The molecule has 0 aliphatic carbocycles. The number of halogens is 1. The normalized spacial score (nSPS) is 18.9. The van der Waals surface area contributed by atoms with Gasteiger partial charge in [-0.15, -0.1) is 0 Å². The Bertz CT molecular complexity index is 522. The lowest BCUT2D eigenvalue weighted by Crippen LogP contribution is -2.49. The molecule has 1 heterocycles. The van der Waals surface area contributed by atoms with Crippen LogP contribution in [-0.2, 0) is 4.74 Å². The summed E-state index contributed by atoms with van der Waals surface area (Å²) >= 11 is 6.27. The fraction of sp³-hybridized carbons (Fsp3) is 0.562. The lowest BCUT2D eigenvalue weighted by atomic mass is 10.0. The first-order chi connectivity index (χ1) is 10.3. The number of hydrogen-bond donors (Lipinski definition) is 2. The molecule has 1 unspecified atom stereocenters. The number of rotatable bonds is 2. The van der Waals surface area contributed by atoms with Gasteiger partial charge in [-0.3, -0.25) is 0 Å². The van der Waals surface area contributed by atoms with Crippen LogP contribution in [0.3, 0.4) is 0 Å². The number of amides is 1. The lowest BCUT2D eigenvalue weighted by molar-refractivity contribution is 0.0500. The minimum atomic E-state index is -0.494. The summed E-state index contributed by atoms with van der Waals surface area (Å²) in [5, 5.41) is 3.56. The predicted octanol–water partition coefficient (Wildman–Crippen LogP) is 3.42. The van der Waals surface area contributed by atoms with Crippen LogP contribution in [0.15, 0.2) is 18.2 Å². The van der Waals surface area contributed by atoms with Crippen LogP contribution in [0.25, 0.3) is 0 Å².